The highest BCUT2D eigenvalue weighted by Gasteiger charge is 2.10. The number of aromatic nitrogens is 2. The van der Waals surface area contributed by atoms with Crippen LogP contribution in [0.3, 0.4) is 0 Å². The number of rotatable bonds is 4. The van der Waals surface area contributed by atoms with Gasteiger partial charge in [-0.05, 0) is 32.1 Å². The second-order valence-electron chi connectivity index (χ2n) is 3.30. The van der Waals surface area contributed by atoms with Crippen molar-refractivity contribution in [1.82, 2.24) is 15.3 Å². The molecule has 0 saturated heterocycles. The Morgan fingerprint density at radius 2 is 2.31 bits per heavy atom. The van der Waals surface area contributed by atoms with E-state index in [1.165, 1.54) is 0 Å². The van der Waals surface area contributed by atoms with Crippen molar-refractivity contribution in [3.63, 3.8) is 0 Å². The van der Waals surface area contributed by atoms with E-state index in [9.17, 15) is 0 Å². The van der Waals surface area contributed by atoms with Crippen molar-refractivity contribution in [1.29, 1.82) is 0 Å². The highest BCUT2D eigenvalue weighted by atomic mass is 35.5. The molecule has 0 atom stereocenters. The van der Waals surface area contributed by atoms with Crippen LogP contribution in [0.25, 0.3) is 10.7 Å². The molecule has 0 spiro atoms. The first-order chi connectivity index (χ1) is 7.81. The Hall–Kier alpha value is -0.970. The van der Waals surface area contributed by atoms with Crippen molar-refractivity contribution >= 4 is 22.9 Å². The monoisotopic (exact) mass is 253 g/mol. The number of nitrogens with zero attached hydrogens (tertiary/aromatic N) is 2. The summed E-state index contributed by atoms with van der Waals surface area (Å²) >= 11 is 7.68. The first kappa shape index (κ1) is 11.5. The molecule has 1 N–H and O–H groups in total. The maximum Gasteiger partial charge on any atom is 0.144 e. The molecule has 2 heterocycles. The van der Waals surface area contributed by atoms with E-state index in [1.54, 1.807) is 17.5 Å². The quantitative estimate of drug-likeness (QED) is 0.910. The van der Waals surface area contributed by atoms with Crippen molar-refractivity contribution in [3.8, 4) is 10.7 Å². The van der Waals surface area contributed by atoms with E-state index >= 15 is 0 Å². The molecule has 5 heteroatoms. The third-order valence-corrected chi connectivity index (χ3v) is 3.70. The summed E-state index contributed by atoms with van der Waals surface area (Å²) in [6.07, 6.45) is 2.66. The normalized spacial score (nSPS) is 10.6. The molecule has 0 aliphatic heterocycles. The van der Waals surface area contributed by atoms with Crippen molar-refractivity contribution < 1.29 is 0 Å². The Morgan fingerprint density at radius 1 is 1.44 bits per heavy atom. The van der Waals surface area contributed by atoms with Crippen molar-refractivity contribution in [2.24, 2.45) is 0 Å². The maximum absolute atomic E-state index is 6.07. The summed E-state index contributed by atoms with van der Waals surface area (Å²) in [6, 6.07) is 5.78. The number of hydrogen-bond donors (Lipinski definition) is 1. The Kier molecular flexibility index (Phi) is 3.88. The predicted octanol–water partition coefficient (Wildman–Crippen LogP) is 2.62. The van der Waals surface area contributed by atoms with E-state index in [0.717, 1.165) is 28.5 Å². The van der Waals surface area contributed by atoms with E-state index in [4.69, 9.17) is 11.6 Å². The lowest BCUT2D eigenvalue weighted by Crippen LogP contribution is -2.09. The van der Waals surface area contributed by atoms with Gasteiger partial charge in [0.1, 0.15) is 10.2 Å². The van der Waals surface area contributed by atoms with E-state index in [1.807, 2.05) is 25.2 Å². The number of nitrogens with one attached hydrogen (secondary N) is 1. The van der Waals surface area contributed by atoms with Crippen molar-refractivity contribution in [3.05, 3.63) is 34.4 Å². The first-order valence-corrected chi connectivity index (χ1v) is 6.22. The third-order valence-electron chi connectivity index (χ3n) is 2.14. The molecule has 0 bridgehead atoms. The van der Waals surface area contributed by atoms with E-state index in [2.05, 4.69) is 15.3 Å². The number of pyridine rings is 1. The Bertz CT molecular complexity index is 456. The lowest BCUT2D eigenvalue weighted by molar-refractivity contribution is 0.798. The number of halogens is 1. The zero-order valence-electron chi connectivity index (χ0n) is 8.90. The first-order valence-electron chi connectivity index (χ1n) is 5.02. The van der Waals surface area contributed by atoms with Gasteiger partial charge >= 0.3 is 0 Å². The van der Waals surface area contributed by atoms with Crippen LogP contribution in [0.2, 0.25) is 5.15 Å². The molecule has 0 aliphatic carbocycles. The van der Waals surface area contributed by atoms with Gasteiger partial charge in [-0.25, -0.2) is 4.98 Å². The summed E-state index contributed by atoms with van der Waals surface area (Å²) in [7, 11) is 1.93. The van der Waals surface area contributed by atoms with Crippen LogP contribution in [0, 0.1) is 0 Å². The van der Waals surface area contributed by atoms with Crippen LogP contribution in [0.15, 0.2) is 24.4 Å². The molecule has 2 rings (SSSR count). The molecule has 0 amide bonds. The molecule has 84 valence electrons. The Labute approximate surface area is 104 Å². The minimum Gasteiger partial charge on any atom is -0.319 e. The topological polar surface area (TPSA) is 37.8 Å². The fourth-order valence-corrected chi connectivity index (χ4v) is 2.60. The zero-order chi connectivity index (χ0) is 11.4. The Morgan fingerprint density at radius 3 is 3.00 bits per heavy atom. The minimum absolute atomic E-state index is 0.598. The lowest BCUT2D eigenvalue weighted by Gasteiger charge is -1.95. The molecule has 0 unspecified atom stereocenters. The highest BCUT2D eigenvalue weighted by molar-refractivity contribution is 7.15. The fraction of sp³-hybridized carbons (Fsp3) is 0.273. The molecule has 0 saturated carbocycles. The van der Waals surface area contributed by atoms with Gasteiger partial charge in [0.15, 0.2) is 0 Å². The average molecular weight is 254 g/mol. The number of likely N-dealkylation sites (N-methyl/N-ethyl adjacent to an activating group) is 1. The molecule has 0 aromatic carbocycles. The summed E-state index contributed by atoms with van der Waals surface area (Å²) in [5, 5.41) is 4.58. The van der Waals surface area contributed by atoms with Gasteiger partial charge in [0, 0.05) is 11.1 Å². The average Bonchev–Trinajstić information content (AvgIpc) is 2.69. The number of thiazole rings is 1. The largest absolute Gasteiger partial charge is 0.319 e. The van der Waals surface area contributed by atoms with Gasteiger partial charge in [-0.2, -0.15) is 0 Å². The Balaban J connectivity index is 2.24. The van der Waals surface area contributed by atoms with Crippen LogP contribution in [0.4, 0.5) is 0 Å². The smallest absolute Gasteiger partial charge is 0.144 e. The van der Waals surface area contributed by atoms with Crippen molar-refractivity contribution in [2.75, 3.05) is 13.6 Å². The minimum atomic E-state index is 0.598. The van der Waals surface area contributed by atoms with E-state index < -0.39 is 0 Å². The van der Waals surface area contributed by atoms with Gasteiger partial charge in [-0.1, -0.05) is 17.7 Å². The van der Waals surface area contributed by atoms with Gasteiger partial charge in [-0.3, -0.25) is 4.98 Å². The summed E-state index contributed by atoms with van der Waals surface area (Å²) in [5.41, 5.74) is 0.880. The van der Waals surface area contributed by atoms with Gasteiger partial charge in [0.05, 0.1) is 5.69 Å². The molecule has 2 aromatic rings. The van der Waals surface area contributed by atoms with Gasteiger partial charge in [0.25, 0.3) is 0 Å². The van der Waals surface area contributed by atoms with Gasteiger partial charge < -0.3 is 5.32 Å². The highest BCUT2D eigenvalue weighted by Crippen LogP contribution is 2.29. The van der Waals surface area contributed by atoms with Crippen LogP contribution in [-0.4, -0.2) is 23.6 Å². The SMILES string of the molecule is CNCCc1sc(-c2ccccn2)nc1Cl. The van der Waals surface area contributed by atoms with E-state index in [-0.39, 0.29) is 0 Å². The van der Waals surface area contributed by atoms with Crippen molar-refractivity contribution in [2.45, 2.75) is 6.42 Å². The standard InChI is InChI=1S/C11H12ClN3S/c1-13-7-5-9-10(12)15-11(16-9)8-4-2-3-6-14-8/h2-4,6,13H,5,7H2,1H3. The summed E-state index contributed by atoms with van der Waals surface area (Å²) in [6.45, 7) is 0.906. The van der Waals surface area contributed by atoms with Gasteiger partial charge in [-0.15, -0.1) is 11.3 Å². The second-order valence-corrected chi connectivity index (χ2v) is 4.74. The molecule has 2 aromatic heterocycles. The van der Waals surface area contributed by atoms with Crippen LogP contribution < -0.4 is 5.32 Å². The van der Waals surface area contributed by atoms with Crippen LogP contribution >= 0.6 is 22.9 Å². The predicted molar refractivity (Wildman–Crippen MR) is 68.0 cm³/mol. The lowest BCUT2D eigenvalue weighted by atomic mass is 10.3. The maximum atomic E-state index is 6.07. The summed E-state index contributed by atoms with van der Waals surface area (Å²) in [5.74, 6) is 0. The van der Waals surface area contributed by atoms with Crippen LogP contribution in [0.1, 0.15) is 4.88 Å². The summed E-state index contributed by atoms with van der Waals surface area (Å²) in [4.78, 5) is 9.69. The zero-order valence-corrected chi connectivity index (χ0v) is 10.5. The molecule has 16 heavy (non-hydrogen) atoms. The van der Waals surface area contributed by atoms with Crippen LogP contribution in [0.5, 0.6) is 0 Å². The fourth-order valence-electron chi connectivity index (χ4n) is 1.32. The molecular weight excluding hydrogens is 242 g/mol. The molecule has 3 nitrogen and oxygen atoms in total. The molecular formula is C11H12ClN3S. The molecule has 0 fully saturated rings. The number of hydrogen-bond acceptors (Lipinski definition) is 4. The summed E-state index contributed by atoms with van der Waals surface area (Å²) < 4.78 is 0. The molecule has 0 aliphatic rings. The van der Waals surface area contributed by atoms with E-state index in [0.29, 0.717) is 5.15 Å². The third kappa shape index (κ3) is 2.58. The molecule has 0 radical (unpaired) electrons. The van der Waals surface area contributed by atoms with Gasteiger partial charge in [0.2, 0.25) is 0 Å². The van der Waals surface area contributed by atoms with Crippen LogP contribution in [-0.2, 0) is 6.42 Å². The second kappa shape index (κ2) is 5.39.